The highest BCUT2D eigenvalue weighted by Gasteiger charge is 2.35. The van der Waals surface area contributed by atoms with Gasteiger partial charge < -0.3 is 9.64 Å². The summed E-state index contributed by atoms with van der Waals surface area (Å²) in [7, 11) is 0. The van der Waals surface area contributed by atoms with Crippen LogP contribution < -0.4 is 0 Å². The number of benzene rings is 1. The van der Waals surface area contributed by atoms with Gasteiger partial charge in [-0.15, -0.1) is 0 Å². The molecular weight excluding hydrogens is 304 g/mol. The van der Waals surface area contributed by atoms with Gasteiger partial charge in [-0.2, -0.15) is 0 Å². The fourth-order valence-corrected chi connectivity index (χ4v) is 3.15. The molecule has 1 aromatic rings. The van der Waals surface area contributed by atoms with Crippen molar-refractivity contribution in [1.29, 1.82) is 0 Å². The first kappa shape index (κ1) is 18.5. The smallest absolute Gasteiger partial charge is 0.410 e. The number of amides is 1. The number of piperazine rings is 1. The molecule has 0 aromatic heterocycles. The van der Waals surface area contributed by atoms with Crippen LogP contribution in [0.15, 0.2) is 30.3 Å². The first-order chi connectivity index (χ1) is 11.2. The third-order valence-corrected chi connectivity index (χ3v) is 4.15. The zero-order valence-corrected chi connectivity index (χ0v) is 15.3. The van der Waals surface area contributed by atoms with Crippen LogP contribution in [0, 0.1) is 0 Å². The van der Waals surface area contributed by atoms with Gasteiger partial charge in [0.1, 0.15) is 5.60 Å². The fourth-order valence-electron chi connectivity index (χ4n) is 3.15. The predicted molar refractivity (Wildman–Crippen MR) is 93.8 cm³/mol. The van der Waals surface area contributed by atoms with Crippen LogP contribution in [0.3, 0.4) is 0 Å². The van der Waals surface area contributed by atoms with Crippen LogP contribution in [0.25, 0.3) is 0 Å². The Morgan fingerprint density at radius 2 is 1.79 bits per heavy atom. The SMILES string of the molecule is CC(=O)[C@H](c1ccccc1)N1CCN(C(=O)OC(C)(C)C)[C@H](C)C1. The number of carbonyl (C=O) groups excluding carboxylic acids is 2. The second-order valence-corrected chi connectivity index (χ2v) is 7.44. The van der Waals surface area contributed by atoms with Crippen molar-refractivity contribution >= 4 is 11.9 Å². The maximum Gasteiger partial charge on any atom is 0.410 e. The van der Waals surface area contributed by atoms with E-state index in [1.165, 1.54) is 0 Å². The summed E-state index contributed by atoms with van der Waals surface area (Å²) in [5.74, 6) is 0.124. The second-order valence-electron chi connectivity index (χ2n) is 7.44. The molecule has 1 aromatic carbocycles. The first-order valence-corrected chi connectivity index (χ1v) is 8.48. The van der Waals surface area contributed by atoms with Crippen LogP contribution in [0.2, 0.25) is 0 Å². The molecule has 0 saturated carbocycles. The molecule has 1 saturated heterocycles. The van der Waals surface area contributed by atoms with Crippen LogP contribution in [-0.4, -0.2) is 53.0 Å². The molecule has 0 N–H and O–H groups in total. The third-order valence-electron chi connectivity index (χ3n) is 4.15. The molecule has 0 unspecified atom stereocenters. The summed E-state index contributed by atoms with van der Waals surface area (Å²) >= 11 is 0. The number of nitrogens with zero attached hydrogens (tertiary/aromatic N) is 2. The van der Waals surface area contributed by atoms with Crippen LogP contribution in [0.1, 0.15) is 46.2 Å². The van der Waals surface area contributed by atoms with Gasteiger partial charge in [-0.1, -0.05) is 30.3 Å². The summed E-state index contributed by atoms with van der Waals surface area (Å²) < 4.78 is 5.48. The van der Waals surface area contributed by atoms with Gasteiger partial charge in [0.05, 0.1) is 6.04 Å². The number of rotatable bonds is 3. The molecule has 2 atom stereocenters. The first-order valence-electron chi connectivity index (χ1n) is 8.48. The normalized spacial score (nSPS) is 20.5. The lowest BCUT2D eigenvalue weighted by Gasteiger charge is -2.42. The van der Waals surface area contributed by atoms with Gasteiger partial charge in [0.2, 0.25) is 0 Å². The Hall–Kier alpha value is -1.88. The summed E-state index contributed by atoms with van der Waals surface area (Å²) in [5, 5.41) is 0. The van der Waals surface area contributed by atoms with Gasteiger partial charge in [-0.25, -0.2) is 4.79 Å². The number of hydrogen-bond donors (Lipinski definition) is 0. The Morgan fingerprint density at radius 3 is 2.29 bits per heavy atom. The lowest BCUT2D eigenvalue weighted by Crippen LogP contribution is -2.56. The Labute approximate surface area is 144 Å². The topological polar surface area (TPSA) is 49.9 Å². The standard InChI is InChI=1S/C19H28N2O3/c1-14-13-20(11-12-21(14)18(23)24-19(3,4)5)17(15(2)22)16-9-7-6-8-10-16/h6-10,14,17H,11-13H2,1-5H3/t14-,17-/m1/s1. The van der Waals surface area contributed by atoms with E-state index in [4.69, 9.17) is 4.74 Å². The van der Waals surface area contributed by atoms with E-state index >= 15 is 0 Å². The Balaban J connectivity index is 2.08. The molecule has 0 bridgehead atoms. The van der Waals surface area contributed by atoms with E-state index in [0.717, 1.165) is 5.56 Å². The van der Waals surface area contributed by atoms with E-state index < -0.39 is 5.60 Å². The van der Waals surface area contributed by atoms with Crippen LogP contribution in [0.5, 0.6) is 0 Å². The quantitative estimate of drug-likeness (QED) is 0.852. The van der Waals surface area contributed by atoms with E-state index in [0.29, 0.717) is 19.6 Å². The molecule has 2 rings (SSSR count). The summed E-state index contributed by atoms with van der Waals surface area (Å²) in [4.78, 5) is 28.4. The van der Waals surface area contributed by atoms with Crippen molar-refractivity contribution in [3.8, 4) is 0 Å². The maximum absolute atomic E-state index is 12.3. The number of carbonyl (C=O) groups is 2. The fraction of sp³-hybridized carbons (Fsp3) is 0.579. The lowest BCUT2D eigenvalue weighted by atomic mass is 10.00. The minimum Gasteiger partial charge on any atom is -0.444 e. The van der Waals surface area contributed by atoms with Crippen LogP contribution in [-0.2, 0) is 9.53 Å². The number of hydrogen-bond acceptors (Lipinski definition) is 4. The molecule has 1 aliphatic rings. The molecule has 1 aliphatic heterocycles. The number of ether oxygens (including phenoxy) is 1. The molecule has 0 spiro atoms. The summed E-state index contributed by atoms with van der Waals surface area (Å²) in [6.07, 6.45) is -0.284. The Kier molecular flexibility index (Phi) is 5.65. The largest absolute Gasteiger partial charge is 0.444 e. The van der Waals surface area contributed by atoms with Gasteiger partial charge in [0.25, 0.3) is 0 Å². The highest BCUT2D eigenvalue weighted by molar-refractivity contribution is 5.83. The van der Waals surface area contributed by atoms with Crippen molar-refractivity contribution in [2.24, 2.45) is 0 Å². The average molecular weight is 332 g/mol. The van der Waals surface area contributed by atoms with Crippen LogP contribution in [0.4, 0.5) is 4.79 Å². The lowest BCUT2D eigenvalue weighted by molar-refractivity contribution is -0.123. The van der Waals surface area contributed by atoms with Gasteiger partial charge in [0.15, 0.2) is 5.78 Å². The molecule has 1 fully saturated rings. The maximum atomic E-state index is 12.3. The molecular formula is C19H28N2O3. The van der Waals surface area contributed by atoms with Gasteiger partial charge in [-0.05, 0) is 40.2 Å². The molecule has 24 heavy (non-hydrogen) atoms. The monoisotopic (exact) mass is 332 g/mol. The third kappa shape index (κ3) is 4.57. The molecule has 1 heterocycles. The zero-order valence-electron chi connectivity index (χ0n) is 15.3. The summed E-state index contributed by atoms with van der Waals surface area (Å²) in [5.41, 5.74) is 0.503. The van der Waals surface area contributed by atoms with Gasteiger partial charge >= 0.3 is 6.09 Å². The Morgan fingerprint density at radius 1 is 1.17 bits per heavy atom. The van der Waals surface area contributed by atoms with Gasteiger partial charge in [-0.3, -0.25) is 9.69 Å². The average Bonchev–Trinajstić information content (AvgIpc) is 2.46. The van der Waals surface area contributed by atoms with Crippen molar-refractivity contribution in [3.63, 3.8) is 0 Å². The van der Waals surface area contributed by atoms with E-state index in [1.54, 1.807) is 11.8 Å². The van der Waals surface area contributed by atoms with E-state index in [1.807, 2.05) is 58.0 Å². The molecule has 5 heteroatoms. The zero-order chi connectivity index (χ0) is 17.9. The van der Waals surface area contributed by atoms with Crippen LogP contribution >= 0.6 is 0 Å². The molecule has 1 amide bonds. The van der Waals surface area contributed by atoms with Crippen molar-refractivity contribution in [2.45, 2.75) is 52.3 Å². The molecule has 0 aliphatic carbocycles. The van der Waals surface area contributed by atoms with Gasteiger partial charge in [0, 0.05) is 25.7 Å². The van der Waals surface area contributed by atoms with Crippen molar-refractivity contribution in [1.82, 2.24) is 9.80 Å². The highest BCUT2D eigenvalue weighted by Crippen LogP contribution is 2.25. The highest BCUT2D eigenvalue weighted by atomic mass is 16.6. The predicted octanol–water partition coefficient (Wildman–Crippen LogP) is 3.26. The Bertz CT molecular complexity index is 580. The number of Topliss-reactive ketones (excluding diaryl/α,β-unsaturated/α-hetero) is 1. The van der Waals surface area contributed by atoms with E-state index in [2.05, 4.69) is 4.90 Å². The minimum absolute atomic E-state index is 0.000776. The summed E-state index contributed by atoms with van der Waals surface area (Å²) in [6, 6.07) is 9.56. The van der Waals surface area contributed by atoms with E-state index in [-0.39, 0.29) is 24.0 Å². The number of ketones is 1. The molecule has 132 valence electrons. The molecule has 5 nitrogen and oxygen atoms in total. The minimum atomic E-state index is -0.500. The second kappa shape index (κ2) is 7.34. The van der Waals surface area contributed by atoms with Crippen molar-refractivity contribution in [3.05, 3.63) is 35.9 Å². The summed E-state index contributed by atoms with van der Waals surface area (Å²) in [6.45, 7) is 11.1. The molecule has 0 radical (unpaired) electrons. The van der Waals surface area contributed by atoms with Crippen molar-refractivity contribution < 1.29 is 14.3 Å². The van der Waals surface area contributed by atoms with Crippen molar-refractivity contribution in [2.75, 3.05) is 19.6 Å². The van der Waals surface area contributed by atoms with E-state index in [9.17, 15) is 9.59 Å².